The normalized spacial score (nSPS) is 10.7. The van der Waals surface area contributed by atoms with Gasteiger partial charge in [-0.2, -0.15) is 0 Å². The van der Waals surface area contributed by atoms with Crippen molar-refractivity contribution in [2.24, 2.45) is 0 Å². The Kier molecular flexibility index (Phi) is 2.95. The smallest absolute Gasteiger partial charge is 0.249 e. The molecule has 0 aliphatic heterocycles. The van der Waals surface area contributed by atoms with Crippen LogP contribution in [0.25, 0.3) is 22.0 Å². The van der Waals surface area contributed by atoms with E-state index in [0.717, 1.165) is 22.0 Å². The molecule has 0 unspecified atom stereocenters. The maximum atomic E-state index is 11.7. The van der Waals surface area contributed by atoms with Crippen molar-refractivity contribution in [2.75, 3.05) is 0 Å². The molecule has 98 valence electrons. The molecule has 0 radical (unpaired) electrons. The Bertz CT molecular complexity index is 845. The molecule has 3 heteroatoms. The fourth-order valence-corrected chi connectivity index (χ4v) is 2.33. The number of benzene rings is 2. The number of H-pyrrole nitrogens is 1. The molecule has 0 aliphatic rings. The fourth-order valence-electron chi connectivity index (χ4n) is 2.33. The van der Waals surface area contributed by atoms with Crippen molar-refractivity contribution >= 4 is 16.7 Å². The van der Waals surface area contributed by atoms with E-state index in [1.165, 1.54) is 6.92 Å². The summed E-state index contributed by atoms with van der Waals surface area (Å²) in [5.74, 6) is 0.0346. The number of nitrogens with one attached hydrogen (secondary N) is 1. The molecule has 20 heavy (non-hydrogen) atoms. The summed E-state index contributed by atoms with van der Waals surface area (Å²) < 4.78 is 0. The molecule has 1 heterocycles. The highest BCUT2D eigenvalue weighted by molar-refractivity contribution is 5.97. The number of ketones is 1. The molecular formula is C17H13NO2. The van der Waals surface area contributed by atoms with Gasteiger partial charge in [-0.15, -0.1) is 0 Å². The van der Waals surface area contributed by atoms with E-state index in [2.05, 4.69) is 4.98 Å². The Morgan fingerprint density at radius 2 is 1.70 bits per heavy atom. The lowest BCUT2D eigenvalue weighted by Crippen LogP contribution is -2.04. The molecule has 0 aliphatic carbocycles. The third-order valence-corrected chi connectivity index (χ3v) is 3.35. The summed E-state index contributed by atoms with van der Waals surface area (Å²) in [4.78, 5) is 25.9. The molecule has 0 bridgehead atoms. The van der Waals surface area contributed by atoms with Crippen LogP contribution in [-0.2, 0) is 0 Å². The Balaban J connectivity index is 2.23. The quantitative estimate of drug-likeness (QED) is 0.720. The van der Waals surface area contributed by atoms with Gasteiger partial charge in [0.15, 0.2) is 5.78 Å². The molecule has 3 rings (SSSR count). The van der Waals surface area contributed by atoms with Gasteiger partial charge >= 0.3 is 0 Å². The molecule has 0 fully saturated rings. The van der Waals surface area contributed by atoms with E-state index in [9.17, 15) is 9.59 Å². The number of aromatic nitrogens is 1. The zero-order valence-corrected chi connectivity index (χ0v) is 11.0. The van der Waals surface area contributed by atoms with Gasteiger partial charge in [0.25, 0.3) is 0 Å². The van der Waals surface area contributed by atoms with Gasteiger partial charge in [-0.3, -0.25) is 9.59 Å². The van der Waals surface area contributed by atoms with Crippen LogP contribution in [0.15, 0.2) is 59.4 Å². The Labute approximate surface area is 115 Å². The lowest BCUT2D eigenvalue weighted by molar-refractivity contribution is 0.101. The molecule has 0 saturated carbocycles. The van der Waals surface area contributed by atoms with Gasteiger partial charge in [-0.25, -0.2) is 0 Å². The van der Waals surface area contributed by atoms with Crippen LogP contribution in [-0.4, -0.2) is 10.8 Å². The second kappa shape index (κ2) is 4.78. The molecule has 3 aromatic rings. The number of carbonyl (C=O) groups excluding carboxylic acids is 1. The maximum Gasteiger partial charge on any atom is 0.249 e. The van der Waals surface area contributed by atoms with Crippen LogP contribution in [0, 0.1) is 0 Å². The van der Waals surface area contributed by atoms with Gasteiger partial charge in [-0.1, -0.05) is 42.5 Å². The largest absolute Gasteiger partial charge is 0.322 e. The maximum absolute atomic E-state index is 11.7. The van der Waals surface area contributed by atoms with Crippen molar-refractivity contribution < 1.29 is 4.79 Å². The lowest BCUT2D eigenvalue weighted by atomic mass is 9.99. The van der Waals surface area contributed by atoms with Crippen molar-refractivity contribution in [1.82, 2.24) is 4.98 Å². The number of Topliss-reactive ketones (excluding diaryl/α,β-unsaturated/α-hetero) is 1. The Morgan fingerprint density at radius 1 is 1.00 bits per heavy atom. The second-order valence-corrected chi connectivity index (χ2v) is 4.73. The average molecular weight is 263 g/mol. The SMILES string of the molecule is CC(=O)c1ccc(-c2cc(=O)[nH]c3ccccc23)cc1. The number of aromatic amines is 1. The third kappa shape index (κ3) is 2.14. The molecule has 1 aromatic heterocycles. The minimum Gasteiger partial charge on any atom is -0.322 e. The number of fused-ring (bicyclic) bond motifs is 1. The third-order valence-electron chi connectivity index (χ3n) is 3.35. The van der Waals surface area contributed by atoms with Crippen molar-refractivity contribution in [1.29, 1.82) is 0 Å². The summed E-state index contributed by atoms with van der Waals surface area (Å²) in [6.45, 7) is 1.54. The average Bonchev–Trinajstić information content (AvgIpc) is 2.46. The van der Waals surface area contributed by atoms with Crippen molar-refractivity contribution in [3.8, 4) is 11.1 Å². The first-order chi connectivity index (χ1) is 9.65. The highest BCUT2D eigenvalue weighted by Gasteiger charge is 2.06. The van der Waals surface area contributed by atoms with Gasteiger partial charge in [0.05, 0.1) is 0 Å². The summed E-state index contributed by atoms with van der Waals surface area (Å²) in [6, 6.07) is 16.6. The summed E-state index contributed by atoms with van der Waals surface area (Å²) in [5.41, 5.74) is 3.15. The predicted octanol–water partition coefficient (Wildman–Crippen LogP) is 3.40. The first-order valence-corrected chi connectivity index (χ1v) is 6.38. The molecule has 0 saturated heterocycles. The van der Waals surface area contributed by atoms with Crippen molar-refractivity contribution in [2.45, 2.75) is 6.92 Å². The van der Waals surface area contributed by atoms with Crippen LogP contribution in [0.4, 0.5) is 0 Å². The zero-order chi connectivity index (χ0) is 14.1. The molecule has 0 atom stereocenters. The summed E-state index contributed by atoms with van der Waals surface area (Å²) in [7, 11) is 0. The number of hydrogen-bond acceptors (Lipinski definition) is 2. The van der Waals surface area contributed by atoms with E-state index in [-0.39, 0.29) is 11.3 Å². The van der Waals surface area contributed by atoms with E-state index in [4.69, 9.17) is 0 Å². The fraction of sp³-hybridized carbons (Fsp3) is 0.0588. The molecule has 3 nitrogen and oxygen atoms in total. The Hall–Kier alpha value is -2.68. The lowest BCUT2D eigenvalue weighted by Gasteiger charge is -2.07. The minimum atomic E-state index is -0.130. The second-order valence-electron chi connectivity index (χ2n) is 4.73. The number of rotatable bonds is 2. The van der Waals surface area contributed by atoms with E-state index in [0.29, 0.717) is 5.56 Å². The van der Waals surface area contributed by atoms with Gasteiger partial charge in [0.2, 0.25) is 5.56 Å². The van der Waals surface area contributed by atoms with Crippen LogP contribution in [0.3, 0.4) is 0 Å². The van der Waals surface area contributed by atoms with Crippen LogP contribution in [0.5, 0.6) is 0 Å². The standard InChI is InChI=1S/C17H13NO2/c1-11(19)12-6-8-13(9-7-12)15-10-17(20)18-16-5-3-2-4-14(15)16/h2-10H,1H3,(H,18,20). The first-order valence-electron chi connectivity index (χ1n) is 6.38. The number of pyridine rings is 1. The van der Waals surface area contributed by atoms with Crippen LogP contribution >= 0.6 is 0 Å². The summed E-state index contributed by atoms with van der Waals surface area (Å²) >= 11 is 0. The van der Waals surface area contributed by atoms with Gasteiger partial charge in [-0.05, 0) is 24.1 Å². The van der Waals surface area contributed by atoms with E-state index in [1.807, 2.05) is 36.4 Å². The molecule has 1 N–H and O–H groups in total. The minimum absolute atomic E-state index is 0.0346. The summed E-state index contributed by atoms with van der Waals surface area (Å²) in [6.07, 6.45) is 0. The molecule has 2 aromatic carbocycles. The van der Waals surface area contributed by atoms with Crippen LogP contribution in [0.2, 0.25) is 0 Å². The Morgan fingerprint density at radius 3 is 2.40 bits per heavy atom. The summed E-state index contributed by atoms with van der Waals surface area (Å²) in [5, 5.41) is 0.989. The van der Waals surface area contributed by atoms with Crippen molar-refractivity contribution in [3.05, 3.63) is 70.5 Å². The number of para-hydroxylation sites is 1. The highest BCUT2D eigenvalue weighted by Crippen LogP contribution is 2.26. The van der Waals surface area contributed by atoms with Gasteiger partial charge in [0, 0.05) is 22.5 Å². The first kappa shape index (κ1) is 12.4. The monoisotopic (exact) mass is 263 g/mol. The van der Waals surface area contributed by atoms with Crippen LogP contribution in [0.1, 0.15) is 17.3 Å². The van der Waals surface area contributed by atoms with Crippen LogP contribution < -0.4 is 5.56 Å². The van der Waals surface area contributed by atoms with E-state index in [1.54, 1.807) is 18.2 Å². The van der Waals surface area contributed by atoms with Gasteiger partial charge < -0.3 is 4.98 Å². The van der Waals surface area contributed by atoms with Gasteiger partial charge in [0.1, 0.15) is 0 Å². The highest BCUT2D eigenvalue weighted by atomic mass is 16.1. The van der Waals surface area contributed by atoms with E-state index >= 15 is 0 Å². The zero-order valence-electron chi connectivity index (χ0n) is 11.0. The van der Waals surface area contributed by atoms with E-state index < -0.39 is 0 Å². The molecule has 0 spiro atoms. The number of hydrogen-bond donors (Lipinski definition) is 1. The van der Waals surface area contributed by atoms with Crippen molar-refractivity contribution in [3.63, 3.8) is 0 Å². The molecule has 0 amide bonds. The predicted molar refractivity (Wildman–Crippen MR) is 80.0 cm³/mol. The molecular weight excluding hydrogens is 250 g/mol. The number of carbonyl (C=O) groups is 1. The topological polar surface area (TPSA) is 49.9 Å².